The number of hydrogen-bond acceptors (Lipinski definition) is 6. The molecule has 0 fully saturated rings. The lowest BCUT2D eigenvalue weighted by Gasteiger charge is -2.21. The number of amides is 2. The van der Waals surface area contributed by atoms with E-state index in [1.54, 1.807) is 43.3 Å². The highest BCUT2D eigenvalue weighted by atomic mass is 16.6. The van der Waals surface area contributed by atoms with Crippen LogP contribution in [0.5, 0.6) is 5.75 Å². The van der Waals surface area contributed by atoms with Crippen molar-refractivity contribution in [3.8, 4) is 5.75 Å². The fourth-order valence-electron chi connectivity index (χ4n) is 3.92. The fraction of sp³-hybridized carbons (Fsp3) is 0.154. The van der Waals surface area contributed by atoms with Gasteiger partial charge in [0.1, 0.15) is 11.4 Å². The zero-order chi connectivity index (χ0) is 24.2. The van der Waals surface area contributed by atoms with Gasteiger partial charge in [-0.2, -0.15) is 0 Å². The van der Waals surface area contributed by atoms with Crippen LogP contribution >= 0.6 is 0 Å². The van der Waals surface area contributed by atoms with Gasteiger partial charge >= 0.3 is 0 Å². The third-order valence-corrected chi connectivity index (χ3v) is 5.65. The number of non-ortho nitro benzene ring substituents is 1. The van der Waals surface area contributed by atoms with Crippen LogP contribution in [0.25, 0.3) is 5.57 Å². The Kier molecular flexibility index (Phi) is 6.40. The zero-order valence-corrected chi connectivity index (χ0v) is 18.8. The summed E-state index contributed by atoms with van der Waals surface area (Å²) in [5, 5.41) is 11.1. The summed E-state index contributed by atoms with van der Waals surface area (Å²) in [5.41, 5.74) is 2.61. The minimum absolute atomic E-state index is 0.0876. The Balaban J connectivity index is 1.71. The Morgan fingerprint density at radius 1 is 0.882 bits per heavy atom. The van der Waals surface area contributed by atoms with Gasteiger partial charge in [-0.25, -0.2) is 0 Å². The summed E-state index contributed by atoms with van der Waals surface area (Å²) in [7, 11) is 3.33. The second-order valence-corrected chi connectivity index (χ2v) is 7.91. The van der Waals surface area contributed by atoms with Crippen molar-refractivity contribution >= 4 is 23.1 Å². The van der Waals surface area contributed by atoms with Crippen LogP contribution in [-0.4, -0.2) is 40.7 Å². The van der Waals surface area contributed by atoms with E-state index in [-0.39, 0.29) is 23.5 Å². The van der Waals surface area contributed by atoms with Gasteiger partial charge in [-0.05, 0) is 41.0 Å². The molecule has 8 heteroatoms. The molecule has 0 aromatic heterocycles. The normalized spacial score (nSPS) is 13.4. The first kappa shape index (κ1) is 22.7. The summed E-state index contributed by atoms with van der Waals surface area (Å²) in [6.45, 7) is 0.517. The first-order valence-corrected chi connectivity index (χ1v) is 10.6. The van der Waals surface area contributed by atoms with E-state index in [4.69, 9.17) is 4.74 Å². The van der Waals surface area contributed by atoms with E-state index in [2.05, 4.69) is 0 Å². The molecule has 3 aromatic carbocycles. The third kappa shape index (κ3) is 4.52. The van der Waals surface area contributed by atoms with Crippen LogP contribution in [0.3, 0.4) is 0 Å². The molecule has 0 saturated heterocycles. The number of ether oxygens (including phenoxy) is 1. The van der Waals surface area contributed by atoms with Crippen LogP contribution < -0.4 is 4.74 Å². The fourth-order valence-corrected chi connectivity index (χ4v) is 3.92. The lowest BCUT2D eigenvalue weighted by molar-refractivity contribution is -0.384. The van der Waals surface area contributed by atoms with Gasteiger partial charge in [-0.15, -0.1) is 0 Å². The second-order valence-electron chi connectivity index (χ2n) is 7.91. The first-order valence-electron chi connectivity index (χ1n) is 10.6. The summed E-state index contributed by atoms with van der Waals surface area (Å²) in [5.74, 6) is -0.173. The van der Waals surface area contributed by atoms with Gasteiger partial charge in [0.2, 0.25) is 0 Å². The highest BCUT2D eigenvalue weighted by Gasteiger charge is 2.40. The quantitative estimate of drug-likeness (QED) is 0.288. The Bertz CT molecular complexity index is 1250. The molecule has 0 saturated carbocycles. The molecule has 2 amide bonds. The van der Waals surface area contributed by atoms with E-state index >= 15 is 0 Å². The molecular formula is C26H23N3O5. The number of carbonyl (C=O) groups excluding carboxylic acids is 2. The third-order valence-electron chi connectivity index (χ3n) is 5.65. The number of nitro benzene ring substituents is 1. The average molecular weight is 457 g/mol. The van der Waals surface area contributed by atoms with Gasteiger partial charge in [0, 0.05) is 25.7 Å². The Labute approximate surface area is 196 Å². The average Bonchev–Trinajstić information content (AvgIpc) is 3.10. The molecule has 4 rings (SSSR count). The maximum atomic E-state index is 13.5. The van der Waals surface area contributed by atoms with Gasteiger partial charge in [0.25, 0.3) is 17.5 Å². The summed E-state index contributed by atoms with van der Waals surface area (Å²) >= 11 is 0. The number of nitro groups is 1. The number of carbonyl (C=O) groups is 2. The molecule has 0 radical (unpaired) electrons. The van der Waals surface area contributed by atoms with E-state index < -0.39 is 16.7 Å². The van der Waals surface area contributed by atoms with Crippen LogP contribution in [0, 0.1) is 10.1 Å². The van der Waals surface area contributed by atoms with Crippen LogP contribution in [0.1, 0.15) is 16.7 Å². The standard InChI is InChI=1S/C26H23N3O5/c1-27(16-18-6-4-3-5-7-18)24-23(20-10-12-21(13-11-20)29(32)33)25(30)28(26(24)31)17-19-8-14-22(34-2)15-9-19/h3-15H,16-17H2,1-2H3. The van der Waals surface area contributed by atoms with Gasteiger partial charge in [0.15, 0.2) is 0 Å². The lowest BCUT2D eigenvalue weighted by atomic mass is 10.0. The van der Waals surface area contributed by atoms with Crippen LogP contribution in [0.15, 0.2) is 84.6 Å². The molecular weight excluding hydrogens is 434 g/mol. The molecule has 8 nitrogen and oxygen atoms in total. The zero-order valence-electron chi connectivity index (χ0n) is 18.8. The number of rotatable bonds is 8. The van der Waals surface area contributed by atoms with E-state index in [0.29, 0.717) is 17.9 Å². The molecule has 0 spiro atoms. The van der Waals surface area contributed by atoms with E-state index in [1.807, 2.05) is 30.3 Å². The molecule has 0 aliphatic carbocycles. The topological polar surface area (TPSA) is 93.0 Å². The van der Waals surface area contributed by atoms with Crippen LogP contribution in [0.2, 0.25) is 0 Å². The summed E-state index contributed by atoms with van der Waals surface area (Å²) < 4.78 is 5.18. The van der Waals surface area contributed by atoms with Crippen LogP contribution in [0.4, 0.5) is 5.69 Å². The summed E-state index contributed by atoms with van der Waals surface area (Å²) in [4.78, 5) is 40.5. The molecule has 1 aliphatic heterocycles. The molecule has 1 heterocycles. The Morgan fingerprint density at radius 3 is 2.12 bits per heavy atom. The minimum atomic E-state index is -0.502. The van der Waals surface area contributed by atoms with E-state index in [0.717, 1.165) is 11.1 Å². The summed E-state index contributed by atoms with van der Waals surface area (Å²) in [6.07, 6.45) is 0. The van der Waals surface area contributed by atoms with Crippen molar-refractivity contribution in [3.63, 3.8) is 0 Å². The smallest absolute Gasteiger partial charge is 0.278 e. The van der Waals surface area contributed by atoms with Gasteiger partial charge < -0.3 is 9.64 Å². The van der Waals surface area contributed by atoms with Gasteiger partial charge in [-0.1, -0.05) is 42.5 Å². The molecule has 3 aromatic rings. The van der Waals surface area contributed by atoms with Crippen molar-refractivity contribution in [2.75, 3.05) is 14.2 Å². The predicted molar refractivity (Wildman–Crippen MR) is 126 cm³/mol. The number of hydrogen-bond donors (Lipinski definition) is 0. The van der Waals surface area contributed by atoms with Crippen LogP contribution in [-0.2, 0) is 22.7 Å². The highest BCUT2D eigenvalue weighted by molar-refractivity contribution is 6.35. The van der Waals surface area contributed by atoms with Crippen molar-refractivity contribution in [2.24, 2.45) is 0 Å². The molecule has 34 heavy (non-hydrogen) atoms. The SMILES string of the molecule is COc1ccc(CN2C(=O)C(c3ccc([N+](=O)[O-])cc3)=C(N(C)Cc3ccccc3)C2=O)cc1. The van der Waals surface area contributed by atoms with Crippen molar-refractivity contribution in [3.05, 3.63) is 111 Å². The van der Waals surface area contributed by atoms with Crippen molar-refractivity contribution in [1.82, 2.24) is 9.80 Å². The molecule has 172 valence electrons. The highest BCUT2D eigenvalue weighted by Crippen LogP contribution is 2.33. The number of imide groups is 1. The van der Waals surface area contributed by atoms with Gasteiger partial charge in [-0.3, -0.25) is 24.6 Å². The maximum absolute atomic E-state index is 13.5. The summed E-state index contributed by atoms with van der Waals surface area (Å²) in [6, 6.07) is 22.4. The number of likely N-dealkylation sites (N-methyl/N-ethyl adjacent to an activating group) is 1. The van der Waals surface area contributed by atoms with E-state index in [9.17, 15) is 19.7 Å². The van der Waals surface area contributed by atoms with Crippen molar-refractivity contribution in [1.29, 1.82) is 0 Å². The second kappa shape index (κ2) is 9.58. The monoisotopic (exact) mass is 457 g/mol. The van der Waals surface area contributed by atoms with E-state index in [1.165, 1.54) is 29.2 Å². The maximum Gasteiger partial charge on any atom is 0.278 e. The Hall–Kier alpha value is -4.46. The minimum Gasteiger partial charge on any atom is -0.497 e. The predicted octanol–water partition coefficient (Wildman–Crippen LogP) is 4.02. The molecule has 0 atom stereocenters. The number of nitrogens with zero attached hydrogens (tertiary/aromatic N) is 3. The van der Waals surface area contributed by atoms with Gasteiger partial charge in [0.05, 0.1) is 24.2 Å². The van der Waals surface area contributed by atoms with Crippen molar-refractivity contribution < 1.29 is 19.2 Å². The first-order chi connectivity index (χ1) is 16.4. The molecule has 1 aliphatic rings. The molecule has 0 unspecified atom stereocenters. The molecule has 0 N–H and O–H groups in total. The number of benzene rings is 3. The number of methoxy groups -OCH3 is 1. The lowest BCUT2D eigenvalue weighted by Crippen LogP contribution is -2.33. The molecule has 0 bridgehead atoms. The largest absolute Gasteiger partial charge is 0.497 e. The Morgan fingerprint density at radius 2 is 1.53 bits per heavy atom. The van der Waals surface area contributed by atoms with Crippen molar-refractivity contribution in [2.45, 2.75) is 13.1 Å².